The third kappa shape index (κ3) is 5.20. The molecule has 3 rings (SSSR count). The van der Waals surface area contributed by atoms with Gasteiger partial charge < -0.3 is 5.32 Å². The Morgan fingerprint density at radius 3 is 2.30 bits per heavy atom. The quantitative estimate of drug-likeness (QED) is 0.575. The van der Waals surface area contributed by atoms with E-state index < -0.39 is 15.9 Å². The van der Waals surface area contributed by atoms with E-state index in [2.05, 4.69) is 5.32 Å². The van der Waals surface area contributed by atoms with Crippen LogP contribution in [0.1, 0.15) is 24.1 Å². The number of sulfonamides is 1. The van der Waals surface area contributed by atoms with Crippen LogP contribution < -0.4 is 9.62 Å². The van der Waals surface area contributed by atoms with E-state index in [-0.39, 0.29) is 17.5 Å². The van der Waals surface area contributed by atoms with Crippen LogP contribution in [0, 0.1) is 6.92 Å². The minimum atomic E-state index is -3.96. The van der Waals surface area contributed by atoms with Crippen LogP contribution in [0.15, 0.2) is 83.8 Å². The van der Waals surface area contributed by atoms with Crippen molar-refractivity contribution in [1.82, 2.24) is 5.32 Å². The Kier molecular flexibility index (Phi) is 6.80. The van der Waals surface area contributed by atoms with E-state index in [4.69, 9.17) is 11.6 Å². The highest BCUT2D eigenvalue weighted by atomic mass is 35.5. The molecule has 0 aliphatic heterocycles. The summed E-state index contributed by atoms with van der Waals surface area (Å²) < 4.78 is 27.6. The standard InChI is InChI=1S/C23H23ClN2O3S/c1-17-11-13-19(14-12-17)18(2)25-23(27)16-26(21-8-6-7-20(24)15-21)30(28,29)22-9-4-3-5-10-22/h3-15,18H,16H2,1-2H3,(H,25,27). The van der Waals surface area contributed by atoms with Crippen molar-refractivity contribution in [3.05, 3.63) is 95.0 Å². The second-order valence-electron chi connectivity index (χ2n) is 7.00. The van der Waals surface area contributed by atoms with Crippen molar-refractivity contribution in [3.63, 3.8) is 0 Å². The molecule has 0 bridgehead atoms. The lowest BCUT2D eigenvalue weighted by atomic mass is 10.1. The van der Waals surface area contributed by atoms with Gasteiger partial charge in [-0.2, -0.15) is 0 Å². The van der Waals surface area contributed by atoms with E-state index in [1.54, 1.807) is 36.4 Å². The molecule has 0 spiro atoms. The molecule has 5 nitrogen and oxygen atoms in total. The number of nitrogens with zero attached hydrogens (tertiary/aromatic N) is 1. The molecule has 3 aromatic rings. The van der Waals surface area contributed by atoms with Crippen LogP contribution >= 0.6 is 11.6 Å². The largest absolute Gasteiger partial charge is 0.348 e. The van der Waals surface area contributed by atoms with E-state index in [1.807, 2.05) is 38.1 Å². The van der Waals surface area contributed by atoms with E-state index >= 15 is 0 Å². The number of carbonyl (C=O) groups excluding carboxylic acids is 1. The fraction of sp³-hybridized carbons (Fsp3) is 0.174. The maximum Gasteiger partial charge on any atom is 0.264 e. The van der Waals surface area contributed by atoms with Crippen molar-refractivity contribution in [2.75, 3.05) is 10.8 Å². The lowest BCUT2D eigenvalue weighted by Crippen LogP contribution is -2.41. The molecule has 1 amide bonds. The molecule has 1 unspecified atom stereocenters. The van der Waals surface area contributed by atoms with Crippen LogP contribution in [0.2, 0.25) is 5.02 Å². The molecule has 1 N–H and O–H groups in total. The summed E-state index contributed by atoms with van der Waals surface area (Å²) in [5, 5.41) is 3.26. The molecule has 0 aliphatic carbocycles. The minimum absolute atomic E-state index is 0.101. The first-order chi connectivity index (χ1) is 14.3. The van der Waals surface area contributed by atoms with Gasteiger partial charge in [-0.1, -0.05) is 65.7 Å². The lowest BCUT2D eigenvalue weighted by molar-refractivity contribution is -0.120. The van der Waals surface area contributed by atoms with E-state index in [1.165, 1.54) is 18.2 Å². The van der Waals surface area contributed by atoms with E-state index in [9.17, 15) is 13.2 Å². The van der Waals surface area contributed by atoms with Gasteiger partial charge in [0.1, 0.15) is 6.54 Å². The third-order valence-corrected chi connectivity index (χ3v) is 6.69. The molecule has 0 heterocycles. The average molecular weight is 443 g/mol. The number of rotatable bonds is 7. The minimum Gasteiger partial charge on any atom is -0.348 e. The SMILES string of the molecule is Cc1ccc(C(C)NC(=O)CN(c2cccc(Cl)c2)S(=O)(=O)c2ccccc2)cc1. The molecule has 0 aliphatic rings. The van der Waals surface area contributed by atoms with Crippen molar-refractivity contribution in [1.29, 1.82) is 0 Å². The first-order valence-electron chi connectivity index (χ1n) is 9.46. The molecule has 0 fully saturated rings. The van der Waals surface area contributed by atoms with Gasteiger partial charge in [0, 0.05) is 5.02 Å². The number of anilines is 1. The summed E-state index contributed by atoms with van der Waals surface area (Å²) in [4.78, 5) is 12.9. The molecule has 156 valence electrons. The van der Waals surface area contributed by atoms with Gasteiger partial charge in [0.05, 0.1) is 16.6 Å². The predicted octanol–water partition coefficient (Wildman–Crippen LogP) is 4.72. The Hall–Kier alpha value is -2.83. The van der Waals surface area contributed by atoms with Crippen molar-refractivity contribution in [2.24, 2.45) is 0 Å². The second kappa shape index (κ2) is 9.32. The molecule has 3 aromatic carbocycles. The average Bonchev–Trinajstić information content (AvgIpc) is 2.73. The summed E-state index contributed by atoms with van der Waals surface area (Å²) in [7, 11) is -3.96. The Labute approximate surface area is 182 Å². The maximum absolute atomic E-state index is 13.3. The zero-order valence-corrected chi connectivity index (χ0v) is 18.3. The molecule has 30 heavy (non-hydrogen) atoms. The highest BCUT2D eigenvalue weighted by Gasteiger charge is 2.27. The van der Waals surface area contributed by atoms with Crippen LogP contribution in [0.25, 0.3) is 0 Å². The van der Waals surface area contributed by atoms with Crippen molar-refractivity contribution in [2.45, 2.75) is 24.8 Å². The number of nitrogens with one attached hydrogen (secondary N) is 1. The Bertz CT molecular complexity index is 1120. The molecule has 0 saturated heterocycles. The third-order valence-electron chi connectivity index (χ3n) is 4.67. The molecule has 1 atom stereocenters. The summed E-state index contributed by atoms with van der Waals surface area (Å²) in [6.07, 6.45) is 0. The van der Waals surface area contributed by atoms with Crippen LogP contribution in [0.4, 0.5) is 5.69 Å². The molecular weight excluding hydrogens is 420 g/mol. The van der Waals surface area contributed by atoms with Crippen molar-refractivity contribution >= 4 is 33.2 Å². The predicted molar refractivity (Wildman–Crippen MR) is 120 cm³/mol. The first-order valence-corrected chi connectivity index (χ1v) is 11.3. The summed E-state index contributed by atoms with van der Waals surface area (Å²) >= 11 is 6.08. The fourth-order valence-electron chi connectivity index (χ4n) is 3.02. The number of aryl methyl sites for hydroxylation is 1. The van der Waals surface area contributed by atoms with Crippen LogP contribution in [-0.2, 0) is 14.8 Å². The van der Waals surface area contributed by atoms with Gasteiger partial charge in [-0.05, 0) is 49.7 Å². The lowest BCUT2D eigenvalue weighted by Gasteiger charge is -2.25. The summed E-state index contributed by atoms with van der Waals surface area (Å²) in [6.45, 7) is 3.48. The second-order valence-corrected chi connectivity index (χ2v) is 9.30. The summed E-state index contributed by atoms with van der Waals surface area (Å²) in [5.41, 5.74) is 2.39. The number of carbonyl (C=O) groups is 1. The number of halogens is 1. The van der Waals surface area contributed by atoms with Crippen LogP contribution in [0.5, 0.6) is 0 Å². The van der Waals surface area contributed by atoms with Gasteiger partial charge in [-0.3, -0.25) is 9.10 Å². The smallest absolute Gasteiger partial charge is 0.264 e. The van der Waals surface area contributed by atoms with E-state index in [0.29, 0.717) is 10.7 Å². The van der Waals surface area contributed by atoms with Gasteiger partial charge in [0.25, 0.3) is 10.0 Å². The van der Waals surface area contributed by atoms with Gasteiger partial charge in [-0.15, -0.1) is 0 Å². The number of benzene rings is 3. The normalized spacial score (nSPS) is 12.2. The first kappa shape index (κ1) is 21.9. The van der Waals surface area contributed by atoms with Gasteiger partial charge in [0.15, 0.2) is 0 Å². The molecular formula is C23H23ClN2O3S. The number of hydrogen-bond acceptors (Lipinski definition) is 3. The van der Waals surface area contributed by atoms with Crippen molar-refractivity contribution in [3.8, 4) is 0 Å². The van der Waals surface area contributed by atoms with Crippen LogP contribution in [0.3, 0.4) is 0 Å². The summed E-state index contributed by atoms with van der Waals surface area (Å²) in [5.74, 6) is -0.414. The molecule has 0 saturated carbocycles. The number of hydrogen-bond donors (Lipinski definition) is 1. The maximum atomic E-state index is 13.3. The monoisotopic (exact) mass is 442 g/mol. The zero-order chi connectivity index (χ0) is 21.7. The van der Waals surface area contributed by atoms with Gasteiger partial charge in [0.2, 0.25) is 5.91 Å². The number of amides is 1. The highest BCUT2D eigenvalue weighted by Crippen LogP contribution is 2.26. The Balaban J connectivity index is 1.87. The Morgan fingerprint density at radius 2 is 1.67 bits per heavy atom. The van der Waals surface area contributed by atoms with E-state index in [0.717, 1.165) is 15.4 Å². The van der Waals surface area contributed by atoms with Crippen LogP contribution in [-0.4, -0.2) is 20.9 Å². The topological polar surface area (TPSA) is 66.5 Å². The molecule has 0 aromatic heterocycles. The van der Waals surface area contributed by atoms with Crippen molar-refractivity contribution < 1.29 is 13.2 Å². The van der Waals surface area contributed by atoms with Gasteiger partial charge in [-0.25, -0.2) is 8.42 Å². The molecule has 0 radical (unpaired) electrons. The molecule has 7 heteroatoms. The Morgan fingerprint density at radius 1 is 1.00 bits per heavy atom. The highest BCUT2D eigenvalue weighted by molar-refractivity contribution is 7.92. The summed E-state index contributed by atoms with van der Waals surface area (Å²) in [6, 6.07) is 22.0. The fourth-order valence-corrected chi connectivity index (χ4v) is 4.64. The zero-order valence-electron chi connectivity index (χ0n) is 16.7. The van der Waals surface area contributed by atoms with Gasteiger partial charge >= 0.3 is 0 Å².